The van der Waals surface area contributed by atoms with Gasteiger partial charge in [-0.25, -0.2) is 8.78 Å². The Labute approximate surface area is 152 Å². The summed E-state index contributed by atoms with van der Waals surface area (Å²) in [5.74, 6) is -1.72. The summed E-state index contributed by atoms with van der Waals surface area (Å²) in [6, 6.07) is 7.66. The summed E-state index contributed by atoms with van der Waals surface area (Å²) in [7, 11) is 0. The lowest BCUT2D eigenvalue weighted by Gasteiger charge is -2.15. The Morgan fingerprint density at radius 3 is 2.58 bits per heavy atom. The molecule has 0 saturated heterocycles. The fourth-order valence-electron chi connectivity index (χ4n) is 2.70. The van der Waals surface area contributed by atoms with Crippen LogP contribution in [0, 0.1) is 16.4 Å². The van der Waals surface area contributed by atoms with Crippen LogP contribution in [-0.4, -0.2) is 21.9 Å². The van der Waals surface area contributed by atoms with Gasteiger partial charge in [0.25, 0.3) is 11.5 Å². The number of carbonyl (C=O) groups excluding carboxylic acids is 1. The number of H-pyrrole nitrogens is 2. The molecule has 3 N–H and O–H groups in total. The van der Waals surface area contributed by atoms with Crippen molar-refractivity contribution >= 4 is 29.0 Å². The molecular weight excluding hydrogens is 360 g/mol. The van der Waals surface area contributed by atoms with Crippen molar-refractivity contribution in [3.8, 4) is 0 Å². The molecule has 0 bridgehead atoms. The molecule has 0 fully saturated rings. The maximum atomic E-state index is 13.7. The predicted octanol–water partition coefficient (Wildman–Crippen LogP) is 3.22. The number of aromatic amines is 2. The van der Waals surface area contributed by atoms with Crippen molar-refractivity contribution < 1.29 is 13.6 Å². The molecule has 5 nitrogen and oxygen atoms in total. The van der Waals surface area contributed by atoms with Gasteiger partial charge in [-0.2, -0.15) is 0 Å². The summed E-state index contributed by atoms with van der Waals surface area (Å²) in [5, 5.41) is 3.07. The van der Waals surface area contributed by atoms with E-state index in [1.165, 1.54) is 36.4 Å². The normalized spacial score (nSPS) is 12.1. The number of halogens is 2. The first-order valence-corrected chi connectivity index (χ1v) is 8.26. The van der Waals surface area contributed by atoms with Crippen LogP contribution in [0.3, 0.4) is 0 Å². The lowest BCUT2D eigenvalue weighted by molar-refractivity contribution is 0.0939. The van der Waals surface area contributed by atoms with E-state index in [0.717, 1.165) is 0 Å². The van der Waals surface area contributed by atoms with E-state index in [1.807, 2.05) is 0 Å². The van der Waals surface area contributed by atoms with Crippen LogP contribution in [0.1, 0.15) is 22.8 Å². The maximum Gasteiger partial charge on any atom is 0.259 e. The summed E-state index contributed by atoms with van der Waals surface area (Å²) in [4.78, 5) is 29.5. The number of hydrogen-bond donors (Lipinski definition) is 3. The van der Waals surface area contributed by atoms with Crippen LogP contribution in [0.5, 0.6) is 0 Å². The Morgan fingerprint density at radius 1 is 1.19 bits per heavy atom. The van der Waals surface area contributed by atoms with Crippen molar-refractivity contribution in [3.05, 3.63) is 74.3 Å². The second-order valence-electron chi connectivity index (χ2n) is 5.95. The standard InChI is InChI=1S/C18H15F2N3O2S/c1-9(7-12-13(19)3-2-4-14(12)20)21-16(24)10-5-6-11-15(8-10)22-18(26)23-17(11)25/h2-6,8-9H,7H2,1H3,(H,21,24)(H2,22,23,25,26)/t9-/m1/s1. The quantitative estimate of drug-likeness (QED) is 0.613. The zero-order valence-corrected chi connectivity index (χ0v) is 14.5. The highest BCUT2D eigenvalue weighted by Gasteiger charge is 2.16. The van der Waals surface area contributed by atoms with Gasteiger partial charge in [0.2, 0.25) is 0 Å². The lowest BCUT2D eigenvalue weighted by atomic mass is 10.0. The maximum absolute atomic E-state index is 13.7. The number of benzene rings is 2. The minimum absolute atomic E-state index is 0.0138. The number of amides is 1. The average molecular weight is 375 g/mol. The van der Waals surface area contributed by atoms with Gasteiger partial charge in [0, 0.05) is 17.2 Å². The van der Waals surface area contributed by atoms with Gasteiger partial charge in [-0.05, 0) is 55.9 Å². The second kappa shape index (κ2) is 7.17. The summed E-state index contributed by atoms with van der Waals surface area (Å²) in [5.41, 5.74) is 0.308. The zero-order valence-electron chi connectivity index (χ0n) is 13.7. The Bertz CT molecular complexity index is 1090. The van der Waals surface area contributed by atoms with E-state index in [-0.39, 0.29) is 22.3 Å². The van der Waals surface area contributed by atoms with Gasteiger partial charge in [0.1, 0.15) is 11.6 Å². The SMILES string of the molecule is C[C@H](Cc1c(F)cccc1F)NC(=O)c1ccc2c(=O)[nH]c(=S)[nH]c2c1. The van der Waals surface area contributed by atoms with Crippen molar-refractivity contribution in [1.29, 1.82) is 0 Å². The molecule has 2 aromatic carbocycles. The van der Waals surface area contributed by atoms with Crippen LogP contribution in [-0.2, 0) is 6.42 Å². The van der Waals surface area contributed by atoms with E-state index in [2.05, 4.69) is 15.3 Å². The molecule has 1 atom stereocenters. The topological polar surface area (TPSA) is 77.8 Å². The molecule has 134 valence electrons. The lowest BCUT2D eigenvalue weighted by Crippen LogP contribution is -2.34. The first-order chi connectivity index (χ1) is 12.3. The van der Waals surface area contributed by atoms with E-state index >= 15 is 0 Å². The number of carbonyl (C=O) groups is 1. The Balaban J connectivity index is 1.80. The summed E-state index contributed by atoms with van der Waals surface area (Å²) in [6.45, 7) is 1.66. The van der Waals surface area contributed by atoms with E-state index in [9.17, 15) is 18.4 Å². The van der Waals surface area contributed by atoms with E-state index in [0.29, 0.717) is 16.5 Å². The van der Waals surface area contributed by atoms with Crippen LogP contribution in [0.2, 0.25) is 0 Å². The van der Waals surface area contributed by atoms with Crippen molar-refractivity contribution in [2.45, 2.75) is 19.4 Å². The zero-order chi connectivity index (χ0) is 18.8. The predicted molar refractivity (Wildman–Crippen MR) is 96.7 cm³/mol. The number of fused-ring (bicyclic) bond motifs is 1. The van der Waals surface area contributed by atoms with Gasteiger partial charge in [0.05, 0.1) is 10.9 Å². The Kier molecular flexibility index (Phi) is 4.94. The minimum atomic E-state index is -0.649. The molecule has 1 amide bonds. The van der Waals surface area contributed by atoms with Crippen molar-refractivity contribution in [1.82, 2.24) is 15.3 Å². The molecule has 8 heteroatoms. The van der Waals surface area contributed by atoms with Crippen LogP contribution < -0.4 is 10.9 Å². The van der Waals surface area contributed by atoms with Crippen molar-refractivity contribution in [3.63, 3.8) is 0 Å². The van der Waals surface area contributed by atoms with Crippen molar-refractivity contribution in [2.75, 3.05) is 0 Å². The largest absolute Gasteiger partial charge is 0.349 e. The van der Waals surface area contributed by atoms with Crippen LogP contribution >= 0.6 is 12.2 Å². The smallest absolute Gasteiger partial charge is 0.259 e. The van der Waals surface area contributed by atoms with Gasteiger partial charge in [-0.15, -0.1) is 0 Å². The molecule has 1 heterocycles. The molecule has 0 aliphatic rings. The van der Waals surface area contributed by atoms with Crippen LogP contribution in [0.25, 0.3) is 10.9 Å². The Hall–Kier alpha value is -2.87. The third kappa shape index (κ3) is 3.70. The molecule has 0 spiro atoms. The van der Waals surface area contributed by atoms with Crippen LogP contribution in [0.15, 0.2) is 41.2 Å². The molecule has 0 saturated carbocycles. The number of rotatable bonds is 4. The van der Waals surface area contributed by atoms with Crippen molar-refractivity contribution in [2.24, 2.45) is 0 Å². The van der Waals surface area contributed by atoms with E-state index in [4.69, 9.17) is 12.2 Å². The van der Waals surface area contributed by atoms with Gasteiger partial charge >= 0.3 is 0 Å². The third-order valence-electron chi connectivity index (χ3n) is 3.95. The summed E-state index contributed by atoms with van der Waals surface area (Å²) < 4.78 is 27.6. The molecule has 3 rings (SSSR count). The highest BCUT2D eigenvalue weighted by atomic mass is 32.1. The number of nitrogens with one attached hydrogen (secondary N) is 3. The molecule has 26 heavy (non-hydrogen) atoms. The fourth-order valence-corrected chi connectivity index (χ4v) is 2.91. The molecule has 0 unspecified atom stereocenters. The second-order valence-corrected chi connectivity index (χ2v) is 6.36. The minimum Gasteiger partial charge on any atom is -0.349 e. The van der Waals surface area contributed by atoms with Gasteiger partial charge < -0.3 is 10.3 Å². The molecular formula is C18H15F2N3O2S. The average Bonchev–Trinajstić information content (AvgIpc) is 2.57. The first-order valence-electron chi connectivity index (χ1n) is 7.85. The molecule has 1 aromatic heterocycles. The van der Waals surface area contributed by atoms with Gasteiger partial charge in [-0.3, -0.25) is 14.6 Å². The molecule has 0 aliphatic carbocycles. The highest BCUT2D eigenvalue weighted by molar-refractivity contribution is 7.71. The fraction of sp³-hybridized carbons (Fsp3) is 0.167. The molecule has 3 aromatic rings. The van der Waals surface area contributed by atoms with Crippen LogP contribution in [0.4, 0.5) is 8.78 Å². The first kappa shape index (κ1) is 17.9. The molecule has 0 radical (unpaired) electrons. The van der Waals surface area contributed by atoms with Gasteiger partial charge in [0.15, 0.2) is 4.77 Å². The summed E-state index contributed by atoms with van der Waals surface area (Å²) >= 11 is 4.92. The third-order valence-corrected chi connectivity index (χ3v) is 4.16. The monoisotopic (exact) mass is 375 g/mol. The van der Waals surface area contributed by atoms with Gasteiger partial charge in [-0.1, -0.05) is 6.07 Å². The Morgan fingerprint density at radius 2 is 1.88 bits per heavy atom. The summed E-state index contributed by atoms with van der Waals surface area (Å²) in [6.07, 6.45) is 0.0138. The highest BCUT2D eigenvalue weighted by Crippen LogP contribution is 2.15. The van der Waals surface area contributed by atoms with E-state index < -0.39 is 23.6 Å². The van der Waals surface area contributed by atoms with E-state index in [1.54, 1.807) is 6.92 Å². The molecule has 0 aliphatic heterocycles. The number of hydrogen-bond acceptors (Lipinski definition) is 3. The number of aromatic nitrogens is 2.